The number of carbonyl (C=O) groups is 3. The first-order valence-corrected chi connectivity index (χ1v) is 13.3. The van der Waals surface area contributed by atoms with E-state index in [0.717, 1.165) is 16.3 Å². The summed E-state index contributed by atoms with van der Waals surface area (Å²) in [7, 11) is 0. The number of anilines is 1. The molecule has 5 rings (SSSR count). The first-order valence-electron chi connectivity index (χ1n) is 13.3. The lowest BCUT2D eigenvalue weighted by Crippen LogP contribution is -2.56. The standard InChI is InChI=1S/C33H32FN3O3/c1-33(2,3)35-31(39)28(19-22-11-5-4-6-12-22)36(20-24-13-7-8-17-26(24)34)29(38)21-37-27-18-10-15-23-14-9-16-25(30(23)27)32(37)40/h4-18,28H,19-21H2,1-3H3,(H,35,39). The Morgan fingerprint density at radius 2 is 1.57 bits per heavy atom. The van der Waals surface area contributed by atoms with Crippen LogP contribution < -0.4 is 10.2 Å². The van der Waals surface area contributed by atoms with Crippen LogP contribution in [-0.4, -0.2) is 40.7 Å². The van der Waals surface area contributed by atoms with Gasteiger partial charge in [-0.15, -0.1) is 0 Å². The van der Waals surface area contributed by atoms with Crippen molar-refractivity contribution in [2.24, 2.45) is 0 Å². The Bertz CT molecular complexity index is 1570. The molecule has 4 aromatic rings. The summed E-state index contributed by atoms with van der Waals surface area (Å²) in [6.07, 6.45) is 0.229. The molecule has 0 saturated heterocycles. The zero-order valence-corrected chi connectivity index (χ0v) is 22.9. The molecule has 0 aliphatic carbocycles. The van der Waals surface area contributed by atoms with Crippen LogP contribution in [-0.2, 0) is 22.6 Å². The predicted molar refractivity (Wildman–Crippen MR) is 154 cm³/mol. The van der Waals surface area contributed by atoms with Gasteiger partial charge in [-0.25, -0.2) is 4.39 Å². The molecule has 0 fully saturated rings. The number of carbonyl (C=O) groups excluding carboxylic acids is 3. The minimum Gasteiger partial charge on any atom is -0.350 e. The number of rotatable bonds is 8. The lowest BCUT2D eigenvalue weighted by molar-refractivity contribution is -0.140. The first kappa shape index (κ1) is 27.1. The second kappa shape index (κ2) is 10.9. The maximum absolute atomic E-state index is 14.9. The van der Waals surface area contributed by atoms with Gasteiger partial charge in [-0.3, -0.25) is 19.3 Å². The lowest BCUT2D eigenvalue weighted by Gasteiger charge is -2.34. The van der Waals surface area contributed by atoms with E-state index in [9.17, 15) is 18.8 Å². The molecule has 1 heterocycles. The second-order valence-corrected chi connectivity index (χ2v) is 11.1. The molecule has 0 radical (unpaired) electrons. The van der Waals surface area contributed by atoms with Gasteiger partial charge in [-0.1, -0.05) is 72.8 Å². The normalized spacial score (nSPS) is 13.4. The maximum atomic E-state index is 14.9. The topological polar surface area (TPSA) is 69.7 Å². The lowest BCUT2D eigenvalue weighted by atomic mass is 10.0. The number of benzene rings is 4. The average Bonchev–Trinajstić information content (AvgIpc) is 3.19. The Morgan fingerprint density at radius 1 is 0.900 bits per heavy atom. The first-order chi connectivity index (χ1) is 19.1. The molecule has 40 heavy (non-hydrogen) atoms. The minimum atomic E-state index is -0.940. The molecule has 204 valence electrons. The van der Waals surface area contributed by atoms with E-state index in [-0.39, 0.29) is 36.9 Å². The van der Waals surface area contributed by atoms with Crippen molar-refractivity contribution >= 4 is 34.2 Å². The zero-order chi connectivity index (χ0) is 28.4. The van der Waals surface area contributed by atoms with Crippen molar-refractivity contribution in [2.45, 2.75) is 45.3 Å². The fourth-order valence-electron chi connectivity index (χ4n) is 5.18. The van der Waals surface area contributed by atoms with Gasteiger partial charge in [0.2, 0.25) is 11.8 Å². The Labute approximate surface area is 233 Å². The third-order valence-electron chi connectivity index (χ3n) is 7.01. The molecule has 0 spiro atoms. The summed E-state index contributed by atoms with van der Waals surface area (Å²) in [4.78, 5) is 44.2. The van der Waals surface area contributed by atoms with Crippen LogP contribution in [0.4, 0.5) is 10.1 Å². The van der Waals surface area contributed by atoms with Crippen LogP contribution in [0.2, 0.25) is 0 Å². The average molecular weight is 538 g/mol. The number of nitrogens with zero attached hydrogens (tertiary/aromatic N) is 2. The minimum absolute atomic E-state index is 0.125. The quantitative estimate of drug-likeness (QED) is 0.323. The van der Waals surface area contributed by atoms with Crippen LogP contribution >= 0.6 is 0 Å². The van der Waals surface area contributed by atoms with E-state index in [4.69, 9.17) is 0 Å². The number of hydrogen-bond donors (Lipinski definition) is 1. The van der Waals surface area contributed by atoms with Crippen LogP contribution in [0, 0.1) is 5.82 Å². The van der Waals surface area contributed by atoms with E-state index in [0.29, 0.717) is 11.3 Å². The summed E-state index contributed by atoms with van der Waals surface area (Å²) in [6, 6.07) is 25.8. The van der Waals surface area contributed by atoms with E-state index in [2.05, 4.69) is 5.32 Å². The monoisotopic (exact) mass is 537 g/mol. The van der Waals surface area contributed by atoms with Crippen LogP contribution in [0.15, 0.2) is 91.0 Å². The van der Waals surface area contributed by atoms with Crippen molar-refractivity contribution in [3.8, 4) is 0 Å². The maximum Gasteiger partial charge on any atom is 0.259 e. The third-order valence-corrected chi connectivity index (χ3v) is 7.01. The molecule has 1 unspecified atom stereocenters. The Morgan fingerprint density at radius 3 is 2.27 bits per heavy atom. The van der Waals surface area contributed by atoms with Crippen LogP contribution in [0.3, 0.4) is 0 Å². The fraction of sp³-hybridized carbons (Fsp3) is 0.242. The van der Waals surface area contributed by atoms with Crippen molar-refractivity contribution in [3.05, 3.63) is 114 Å². The third kappa shape index (κ3) is 5.59. The van der Waals surface area contributed by atoms with Gasteiger partial charge in [0.1, 0.15) is 18.4 Å². The smallest absolute Gasteiger partial charge is 0.259 e. The molecule has 6 nitrogen and oxygen atoms in total. The highest BCUT2D eigenvalue weighted by Crippen LogP contribution is 2.37. The molecule has 1 atom stereocenters. The molecule has 4 aromatic carbocycles. The van der Waals surface area contributed by atoms with E-state index < -0.39 is 23.3 Å². The van der Waals surface area contributed by atoms with E-state index in [1.54, 1.807) is 24.3 Å². The van der Waals surface area contributed by atoms with Gasteiger partial charge in [0, 0.05) is 35.0 Å². The van der Waals surface area contributed by atoms with Crippen molar-refractivity contribution in [1.29, 1.82) is 0 Å². The summed E-state index contributed by atoms with van der Waals surface area (Å²) in [5.74, 6) is -1.54. The molecular formula is C33H32FN3O3. The Balaban J connectivity index is 1.53. The molecule has 0 aromatic heterocycles. The molecule has 1 N–H and O–H groups in total. The molecule has 7 heteroatoms. The van der Waals surface area contributed by atoms with Crippen LogP contribution in [0.1, 0.15) is 42.3 Å². The highest BCUT2D eigenvalue weighted by molar-refractivity contribution is 6.26. The molecule has 0 bridgehead atoms. The molecule has 0 saturated carbocycles. The molecule has 3 amide bonds. The van der Waals surface area contributed by atoms with Gasteiger partial charge in [-0.05, 0) is 49.9 Å². The molecular weight excluding hydrogens is 505 g/mol. The number of halogens is 1. The summed E-state index contributed by atoms with van der Waals surface area (Å²) >= 11 is 0. The van der Waals surface area contributed by atoms with E-state index in [1.165, 1.54) is 15.9 Å². The summed E-state index contributed by atoms with van der Waals surface area (Å²) in [5.41, 5.74) is 1.78. The van der Waals surface area contributed by atoms with Crippen molar-refractivity contribution in [1.82, 2.24) is 10.2 Å². The van der Waals surface area contributed by atoms with Gasteiger partial charge >= 0.3 is 0 Å². The summed E-state index contributed by atoms with van der Waals surface area (Å²) in [6.45, 7) is 5.20. The second-order valence-electron chi connectivity index (χ2n) is 11.1. The highest BCUT2D eigenvalue weighted by atomic mass is 19.1. The van der Waals surface area contributed by atoms with E-state index >= 15 is 0 Å². The van der Waals surface area contributed by atoms with Gasteiger partial charge < -0.3 is 10.2 Å². The van der Waals surface area contributed by atoms with Crippen LogP contribution in [0.25, 0.3) is 10.8 Å². The van der Waals surface area contributed by atoms with Crippen molar-refractivity contribution in [3.63, 3.8) is 0 Å². The van der Waals surface area contributed by atoms with E-state index in [1.807, 2.05) is 81.4 Å². The highest BCUT2D eigenvalue weighted by Gasteiger charge is 2.36. The van der Waals surface area contributed by atoms with Crippen molar-refractivity contribution in [2.75, 3.05) is 11.4 Å². The summed E-state index contributed by atoms with van der Waals surface area (Å²) in [5, 5.41) is 4.71. The van der Waals surface area contributed by atoms with Gasteiger partial charge in [0.15, 0.2) is 0 Å². The van der Waals surface area contributed by atoms with Crippen molar-refractivity contribution < 1.29 is 18.8 Å². The SMILES string of the molecule is CC(C)(C)NC(=O)C(Cc1ccccc1)N(Cc1ccccc1F)C(=O)CN1C(=O)c2cccc3cccc1c23. The number of hydrogen-bond acceptors (Lipinski definition) is 3. The molecule has 1 aliphatic rings. The largest absolute Gasteiger partial charge is 0.350 e. The Kier molecular flexibility index (Phi) is 7.39. The number of nitrogens with one attached hydrogen (secondary N) is 1. The predicted octanol–water partition coefficient (Wildman–Crippen LogP) is 5.49. The molecule has 1 aliphatic heterocycles. The summed E-state index contributed by atoms with van der Waals surface area (Å²) < 4.78 is 14.9. The Hall–Kier alpha value is -4.52. The zero-order valence-electron chi connectivity index (χ0n) is 22.9. The fourth-order valence-corrected chi connectivity index (χ4v) is 5.18. The van der Waals surface area contributed by atoms with Crippen LogP contribution in [0.5, 0.6) is 0 Å². The van der Waals surface area contributed by atoms with Gasteiger partial charge in [-0.2, -0.15) is 0 Å². The van der Waals surface area contributed by atoms with Gasteiger partial charge in [0.25, 0.3) is 5.91 Å². The number of amides is 3. The van der Waals surface area contributed by atoms with Gasteiger partial charge in [0.05, 0.1) is 5.69 Å².